The van der Waals surface area contributed by atoms with E-state index in [0.717, 1.165) is 18.7 Å². The summed E-state index contributed by atoms with van der Waals surface area (Å²) in [6, 6.07) is 13.4. The normalized spacial score (nSPS) is 10.4. The van der Waals surface area contributed by atoms with E-state index in [0.29, 0.717) is 12.4 Å². The zero-order valence-corrected chi connectivity index (χ0v) is 11.4. The fourth-order valence-electron chi connectivity index (χ4n) is 1.86. The zero-order chi connectivity index (χ0) is 13.5. The Morgan fingerprint density at radius 3 is 2.58 bits per heavy atom. The highest BCUT2D eigenvalue weighted by Crippen LogP contribution is 2.10. The van der Waals surface area contributed by atoms with E-state index in [1.807, 2.05) is 18.2 Å². The molecular weight excluding hydrogens is 260 g/mol. The lowest BCUT2D eigenvalue weighted by Gasteiger charge is -2.08. The highest BCUT2D eigenvalue weighted by atomic mass is 35.5. The Balaban J connectivity index is 1.86. The Morgan fingerprint density at radius 1 is 1.11 bits per heavy atom. The van der Waals surface area contributed by atoms with Crippen molar-refractivity contribution in [2.24, 2.45) is 0 Å². The van der Waals surface area contributed by atoms with Crippen molar-refractivity contribution in [3.8, 4) is 0 Å². The number of pyridine rings is 1. The smallest absolute Gasteiger partial charge is 0.250 e. The molecule has 0 atom stereocenters. The van der Waals surface area contributed by atoms with Crippen molar-refractivity contribution >= 4 is 17.3 Å². The number of benzene rings is 1. The maximum absolute atomic E-state index is 11.5. The minimum Gasteiger partial charge on any atom is -0.383 e. The van der Waals surface area contributed by atoms with E-state index in [4.69, 9.17) is 11.6 Å². The molecule has 19 heavy (non-hydrogen) atoms. The fraction of sp³-hybridized carbons (Fsp3) is 0.267. The molecule has 0 bridgehead atoms. The number of halogens is 1. The molecule has 0 unspecified atom stereocenters. The molecule has 0 saturated carbocycles. The first-order chi connectivity index (χ1) is 9.29. The van der Waals surface area contributed by atoms with Crippen molar-refractivity contribution in [1.82, 2.24) is 4.57 Å². The number of aromatic nitrogens is 1. The van der Waals surface area contributed by atoms with E-state index >= 15 is 0 Å². The molecule has 0 saturated heterocycles. The first-order valence-electron chi connectivity index (χ1n) is 6.34. The molecule has 0 radical (unpaired) electrons. The molecule has 2 aromatic rings. The number of rotatable bonds is 6. The van der Waals surface area contributed by atoms with Crippen LogP contribution >= 0.6 is 11.6 Å². The number of hydrogen-bond donors (Lipinski definition) is 1. The van der Waals surface area contributed by atoms with Gasteiger partial charge >= 0.3 is 0 Å². The minimum atomic E-state index is 0.0294. The molecule has 0 aliphatic carbocycles. The van der Waals surface area contributed by atoms with Gasteiger partial charge in [0.2, 0.25) is 0 Å². The van der Waals surface area contributed by atoms with Crippen LogP contribution in [0.15, 0.2) is 53.5 Å². The van der Waals surface area contributed by atoms with Gasteiger partial charge in [-0.1, -0.05) is 18.2 Å². The number of nitrogens with one attached hydrogen (secondary N) is 1. The lowest BCUT2D eigenvalue weighted by atomic mass is 10.1. The van der Waals surface area contributed by atoms with Gasteiger partial charge in [-0.05, 0) is 30.2 Å². The largest absolute Gasteiger partial charge is 0.383 e. The molecule has 1 aromatic carbocycles. The second-order valence-electron chi connectivity index (χ2n) is 4.29. The van der Waals surface area contributed by atoms with Crippen LogP contribution in [-0.2, 0) is 13.0 Å². The van der Waals surface area contributed by atoms with Crippen molar-refractivity contribution in [2.75, 3.05) is 17.7 Å². The van der Waals surface area contributed by atoms with Gasteiger partial charge in [0.05, 0.1) is 0 Å². The summed E-state index contributed by atoms with van der Waals surface area (Å²) in [6.07, 6.45) is 2.69. The topological polar surface area (TPSA) is 34.0 Å². The van der Waals surface area contributed by atoms with E-state index in [1.165, 1.54) is 5.56 Å². The third kappa shape index (κ3) is 4.14. The summed E-state index contributed by atoms with van der Waals surface area (Å²) in [5.74, 6) is 0.643. The summed E-state index contributed by atoms with van der Waals surface area (Å²) in [5.41, 5.74) is 2.32. The van der Waals surface area contributed by atoms with E-state index in [1.54, 1.807) is 22.9 Å². The highest BCUT2D eigenvalue weighted by molar-refractivity contribution is 6.17. The van der Waals surface area contributed by atoms with Gasteiger partial charge in [-0.25, -0.2) is 0 Å². The molecule has 1 aromatic heterocycles. The van der Waals surface area contributed by atoms with E-state index in [9.17, 15) is 4.79 Å². The van der Waals surface area contributed by atoms with Crippen LogP contribution in [0.2, 0.25) is 0 Å². The summed E-state index contributed by atoms with van der Waals surface area (Å²) in [4.78, 5) is 11.5. The van der Waals surface area contributed by atoms with Crippen LogP contribution in [0.1, 0.15) is 5.56 Å². The molecule has 2 rings (SSSR count). The Labute approximate surface area is 117 Å². The summed E-state index contributed by atoms with van der Waals surface area (Å²) in [6.45, 7) is 1.38. The summed E-state index contributed by atoms with van der Waals surface area (Å²) in [5, 5.41) is 3.30. The van der Waals surface area contributed by atoms with Crippen LogP contribution in [0.5, 0.6) is 0 Å². The molecule has 1 N–H and O–H groups in total. The summed E-state index contributed by atoms with van der Waals surface area (Å²) in [7, 11) is 0. The molecule has 0 aliphatic heterocycles. The van der Waals surface area contributed by atoms with Gasteiger partial charge in [-0.15, -0.1) is 11.6 Å². The Hall–Kier alpha value is -1.74. The van der Waals surface area contributed by atoms with Gasteiger partial charge in [-0.3, -0.25) is 4.79 Å². The van der Waals surface area contributed by atoms with Gasteiger partial charge in [-0.2, -0.15) is 0 Å². The third-order valence-electron chi connectivity index (χ3n) is 2.92. The van der Waals surface area contributed by atoms with Crippen LogP contribution in [0.4, 0.5) is 5.69 Å². The van der Waals surface area contributed by atoms with E-state index < -0.39 is 0 Å². The van der Waals surface area contributed by atoms with Crippen LogP contribution in [-0.4, -0.2) is 17.0 Å². The van der Waals surface area contributed by atoms with Gasteiger partial charge in [0, 0.05) is 36.9 Å². The van der Waals surface area contributed by atoms with Crippen molar-refractivity contribution in [2.45, 2.75) is 13.0 Å². The maximum atomic E-state index is 11.5. The first kappa shape index (κ1) is 13.7. The van der Waals surface area contributed by atoms with Gasteiger partial charge in [0.1, 0.15) is 0 Å². The maximum Gasteiger partial charge on any atom is 0.250 e. The monoisotopic (exact) mass is 276 g/mol. The zero-order valence-electron chi connectivity index (χ0n) is 10.7. The van der Waals surface area contributed by atoms with Crippen LogP contribution < -0.4 is 10.9 Å². The number of alkyl halides is 1. The number of hydrogen-bond acceptors (Lipinski definition) is 2. The highest BCUT2D eigenvalue weighted by Gasteiger charge is 1.96. The summed E-state index contributed by atoms with van der Waals surface area (Å²) < 4.78 is 1.69. The second kappa shape index (κ2) is 7.00. The van der Waals surface area contributed by atoms with Crippen molar-refractivity contribution < 1.29 is 0 Å². The van der Waals surface area contributed by atoms with Gasteiger partial charge in [0.15, 0.2) is 0 Å². The lowest BCUT2D eigenvalue weighted by molar-refractivity contribution is 0.697. The van der Waals surface area contributed by atoms with Gasteiger partial charge < -0.3 is 9.88 Å². The van der Waals surface area contributed by atoms with E-state index in [-0.39, 0.29) is 5.56 Å². The quantitative estimate of drug-likeness (QED) is 0.823. The second-order valence-corrected chi connectivity index (χ2v) is 4.67. The Bertz CT molecular complexity index is 563. The molecule has 0 fully saturated rings. The SMILES string of the molecule is O=c1ccccn1CCNc1ccc(CCCl)cc1. The molecule has 3 nitrogen and oxygen atoms in total. The van der Waals surface area contributed by atoms with E-state index in [2.05, 4.69) is 17.4 Å². The average Bonchev–Trinajstić information content (AvgIpc) is 2.43. The predicted molar refractivity (Wildman–Crippen MR) is 80.1 cm³/mol. The molecular formula is C15H17ClN2O. The van der Waals surface area contributed by atoms with Crippen molar-refractivity contribution in [3.63, 3.8) is 0 Å². The van der Waals surface area contributed by atoms with Crippen LogP contribution in [0, 0.1) is 0 Å². The van der Waals surface area contributed by atoms with Crippen molar-refractivity contribution in [1.29, 1.82) is 0 Å². The number of anilines is 1. The molecule has 0 amide bonds. The van der Waals surface area contributed by atoms with Gasteiger partial charge in [0.25, 0.3) is 5.56 Å². The minimum absolute atomic E-state index is 0.0294. The summed E-state index contributed by atoms with van der Waals surface area (Å²) >= 11 is 5.69. The fourth-order valence-corrected chi connectivity index (χ4v) is 2.08. The van der Waals surface area contributed by atoms with Crippen LogP contribution in [0.3, 0.4) is 0 Å². The Morgan fingerprint density at radius 2 is 1.89 bits per heavy atom. The number of aryl methyl sites for hydroxylation is 1. The molecule has 4 heteroatoms. The number of nitrogens with zero attached hydrogens (tertiary/aromatic N) is 1. The predicted octanol–water partition coefficient (Wildman–Crippen LogP) is 2.74. The Kier molecular flexibility index (Phi) is 5.04. The standard InChI is InChI=1S/C15H17ClN2O/c16-9-8-13-4-6-14(7-5-13)17-10-12-18-11-2-1-3-15(18)19/h1-7,11,17H,8-10,12H2. The third-order valence-corrected chi connectivity index (χ3v) is 3.11. The van der Waals surface area contributed by atoms with Crippen molar-refractivity contribution in [3.05, 3.63) is 64.6 Å². The first-order valence-corrected chi connectivity index (χ1v) is 6.87. The average molecular weight is 277 g/mol. The molecule has 0 aliphatic rings. The molecule has 0 spiro atoms. The van der Waals surface area contributed by atoms with Crippen LogP contribution in [0.25, 0.3) is 0 Å². The molecule has 100 valence electrons. The molecule has 1 heterocycles. The lowest BCUT2D eigenvalue weighted by Crippen LogP contribution is -2.21.